The highest BCUT2D eigenvalue weighted by Gasteiger charge is 2.19. The van der Waals surface area contributed by atoms with Gasteiger partial charge >= 0.3 is 0 Å². The summed E-state index contributed by atoms with van der Waals surface area (Å²) in [7, 11) is 0. The van der Waals surface area contributed by atoms with Crippen molar-refractivity contribution >= 4 is 28.3 Å². The van der Waals surface area contributed by atoms with E-state index in [1.165, 1.54) is 6.42 Å². The fourth-order valence-electron chi connectivity index (χ4n) is 2.61. The molecule has 1 aromatic heterocycles. The monoisotopic (exact) mass is 285 g/mol. The van der Waals surface area contributed by atoms with Gasteiger partial charge in [0.1, 0.15) is 6.42 Å². The third-order valence-corrected chi connectivity index (χ3v) is 3.60. The van der Waals surface area contributed by atoms with Gasteiger partial charge < -0.3 is 10.2 Å². The summed E-state index contributed by atoms with van der Waals surface area (Å²) in [6, 6.07) is 5.51. The van der Waals surface area contributed by atoms with Crippen LogP contribution in [0, 0.1) is 11.3 Å². The predicted molar refractivity (Wildman–Crippen MR) is 76.7 cm³/mol. The van der Waals surface area contributed by atoms with E-state index in [0.717, 1.165) is 31.6 Å². The van der Waals surface area contributed by atoms with E-state index >= 15 is 0 Å². The van der Waals surface area contributed by atoms with Crippen LogP contribution in [0.25, 0.3) is 11.0 Å². The topological polar surface area (TPSA) is 95.1 Å². The molecule has 2 heterocycles. The van der Waals surface area contributed by atoms with Crippen LogP contribution in [0.5, 0.6) is 0 Å². The highest BCUT2D eigenvalue weighted by molar-refractivity contribution is 6.03. The van der Waals surface area contributed by atoms with E-state index in [1.807, 2.05) is 12.1 Å². The van der Waals surface area contributed by atoms with E-state index in [2.05, 4.69) is 20.5 Å². The third kappa shape index (κ3) is 2.65. The zero-order valence-corrected chi connectivity index (χ0v) is 11.5. The zero-order valence-electron chi connectivity index (χ0n) is 11.5. The second-order valence-corrected chi connectivity index (χ2v) is 5.02. The van der Waals surface area contributed by atoms with Crippen molar-refractivity contribution < 1.29 is 9.42 Å². The number of rotatable bonds is 3. The van der Waals surface area contributed by atoms with Crippen molar-refractivity contribution in [2.45, 2.75) is 25.7 Å². The molecule has 108 valence electrons. The lowest BCUT2D eigenvalue weighted by atomic mass is 10.1. The summed E-state index contributed by atoms with van der Waals surface area (Å²) in [6.07, 6.45) is 3.38. The summed E-state index contributed by atoms with van der Waals surface area (Å²) < 4.78 is 4.84. The lowest BCUT2D eigenvalue weighted by Crippen LogP contribution is -2.29. The number of carbonyl (C=O) groups is 1. The molecule has 1 aliphatic heterocycles. The highest BCUT2D eigenvalue weighted by Crippen LogP contribution is 2.31. The van der Waals surface area contributed by atoms with Gasteiger partial charge in [0.05, 0.1) is 17.4 Å². The van der Waals surface area contributed by atoms with Gasteiger partial charge in [0.25, 0.3) is 0 Å². The lowest BCUT2D eigenvalue weighted by molar-refractivity contribution is -0.115. The molecule has 0 unspecified atom stereocenters. The fraction of sp³-hybridized carbons (Fsp3) is 0.429. The molecule has 1 saturated heterocycles. The SMILES string of the molecule is N#CCC(=O)Nc1ccc(N2CCCCC2)c2nonc12. The highest BCUT2D eigenvalue weighted by atomic mass is 16.6. The number of anilines is 2. The smallest absolute Gasteiger partial charge is 0.238 e. The number of hydrogen-bond acceptors (Lipinski definition) is 6. The van der Waals surface area contributed by atoms with Crippen LogP contribution in [0.15, 0.2) is 16.8 Å². The minimum Gasteiger partial charge on any atom is -0.370 e. The predicted octanol–water partition coefficient (Wildman–Crippen LogP) is 2.07. The normalized spacial score (nSPS) is 14.9. The van der Waals surface area contributed by atoms with Crippen molar-refractivity contribution in [1.29, 1.82) is 5.26 Å². The number of fused-ring (bicyclic) bond motifs is 1. The number of benzene rings is 1. The minimum atomic E-state index is -0.368. The minimum absolute atomic E-state index is 0.194. The molecule has 0 spiro atoms. The van der Waals surface area contributed by atoms with Gasteiger partial charge in [-0.25, -0.2) is 4.63 Å². The van der Waals surface area contributed by atoms with Crippen molar-refractivity contribution in [1.82, 2.24) is 10.3 Å². The summed E-state index contributed by atoms with van der Waals surface area (Å²) in [5.41, 5.74) is 2.66. The van der Waals surface area contributed by atoms with Gasteiger partial charge in [-0.1, -0.05) is 0 Å². The molecule has 0 radical (unpaired) electrons. The number of nitrogens with zero attached hydrogens (tertiary/aromatic N) is 4. The second-order valence-electron chi connectivity index (χ2n) is 5.02. The number of nitriles is 1. The average Bonchev–Trinajstić information content (AvgIpc) is 2.98. The van der Waals surface area contributed by atoms with Gasteiger partial charge in [-0.05, 0) is 41.7 Å². The van der Waals surface area contributed by atoms with Crippen molar-refractivity contribution in [2.24, 2.45) is 0 Å². The van der Waals surface area contributed by atoms with E-state index in [-0.39, 0.29) is 12.3 Å². The standard InChI is InChI=1S/C14H15N5O2/c15-7-6-12(20)16-10-4-5-11(14-13(10)17-21-18-14)19-8-2-1-3-9-19/h4-5H,1-3,6,8-9H2,(H,16,20). The van der Waals surface area contributed by atoms with E-state index in [0.29, 0.717) is 16.7 Å². The molecule has 0 atom stereocenters. The summed E-state index contributed by atoms with van der Waals surface area (Å²) in [4.78, 5) is 13.8. The molecule has 1 N–H and O–H groups in total. The molecule has 21 heavy (non-hydrogen) atoms. The number of carbonyl (C=O) groups excluding carboxylic acids is 1. The summed E-state index contributed by atoms with van der Waals surface area (Å²) in [5, 5.41) is 19.0. The quantitative estimate of drug-likeness (QED) is 0.927. The maximum Gasteiger partial charge on any atom is 0.238 e. The van der Waals surface area contributed by atoms with Crippen molar-refractivity contribution in [2.75, 3.05) is 23.3 Å². The molecule has 7 heteroatoms. The Morgan fingerprint density at radius 1 is 1.29 bits per heavy atom. The molecule has 1 fully saturated rings. The first kappa shape index (κ1) is 13.4. The number of hydrogen-bond donors (Lipinski definition) is 1. The number of nitrogens with one attached hydrogen (secondary N) is 1. The first-order valence-corrected chi connectivity index (χ1v) is 6.96. The van der Waals surface area contributed by atoms with Crippen LogP contribution in [0.2, 0.25) is 0 Å². The largest absolute Gasteiger partial charge is 0.370 e. The molecule has 0 aliphatic carbocycles. The molecule has 7 nitrogen and oxygen atoms in total. The van der Waals surface area contributed by atoms with Gasteiger partial charge in [0, 0.05) is 13.1 Å². The van der Waals surface area contributed by atoms with Gasteiger partial charge in [-0.2, -0.15) is 5.26 Å². The van der Waals surface area contributed by atoms with E-state index in [4.69, 9.17) is 9.89 Å². The van der Waals surface area contributed by atoms with Crippen molar-refractivity contribution in [3.05, 3.63) is 12.1 Å². The maximum atomic E-state index is 11.5. The molecule has 2 aromatic rings. The number of aromatic nitrogens is 2. The number of piperidine rings is 1. The first-order chi connectivity index (χ1) is 10.3. The Balaban J connectivity index is 1.93. The van der Waals surface area contributed by atoms with Crippen LogP contribution < -0.4 is 10.2 Å². The Morgan fingerprint density at radius 2 is 2.05 bits per heavy atom. The Bertz CT molecular complexity index is 697. The summed E-state index contributed by atoms with van der Waals surface area (Å²) in [6.45, 7) is 1.98. The van der Waals surface area contributed by atoms with E-state index in [9.17, 15) is 4.79 Å². The molecule has 1 aromatic carbocycles. The molecular formula is C14H15N5O2. The fourth-order valence-corrected chi connectivity index (χ4v) is 2.61. The van der Waals surface area contributed by atoms with Crippen LogP contribution in [0.4, 0.5) is 11.4 Å². The average molecular weight is 285 g/mol. The van der Waals surface area contributed by atoms with Crippen LogP contribution >= 0.6 is 0 Å². The Labute approximate surface area is 121 Å². The van der Waals surface area contributed by atoms with Crippen molar-refractivity contribution in [3.63, 3.8) is 0 Å². The summed E-state index contributed by atoms with van der Waals surface area (Å²) >= 11 is 0. The van der Waals surface area contributed by atoms with Crippen LogP contribution in [0.1, 0.15) is 25.7 Å². The van der Waals surface area contributed by atoms with Crippen LogP contribution in [-0.4, -0.2) is 29.3 Å². The van der Waals surface area contributed by atoms with Gasteiger partial charge in [0.15, 0.2) is 11.0 Å². The van der Waals surface area contributed by atoms with Gasteiger partial charge in [-0.15, -0.1) is 0 Å². The third-order valence-electron chi connectivity index (χ3n) is 3.60. The Hall–Kier alpha value is -2.62. The maximum absolute atomic E-state index is 11.5. The van der Waals surface area contributed by atoms with Gasteiger partial charge in [0.2, 0.25) is 5.91 Å². The van der Waals surface area contributed by atoms with E-state index < -0.39 is 0 Å². The Kier molecular flexibility index (Phi) is 3.69. The number of amides is 1. The summed E-state index contributed by atoms with van der Waals surface area (Å²) in [5.74, 6) is -0.368. The lowest BCUT2D eigenvalue weighted by Gasteiger charge is -2.28. The molecule has 3 rings (SSSR count). The second kappa shape index (κ2) is 5.79. The molecule has 0 saturated carbocycles. The molecule has 0 bridgehead atoms. The Morgan fingerprint density at radius 3 is 2.81 bits per heavy atom. The van der Waals surface area contributed by atoms with Crippen LogP contribution in [0.3, 0.4) is 0 Å². The van der Waals surface area contributed by atoms with Crippen LogP contribution in [-0.2, 0) is 4.79 Å². The van der Waals surface area contributed by atoms with Crippen molar-refractivity contribution in [3.8, 4) is 6.07 Å². The first-order valence-electron chi connectivity index (χ1n) is 6.96. The molecular weight excluding hydrogens is 270 g/mol. The molecule has 1 aliphatic rings. The van der Waals surface area contributed by atoms with Gasteiger partial charge in [-0.3, -0.25) is 4.79 Å². The van der Waals surface area contributed by atoms with E-state index in [1.54, 1.807) is 6.07 Å². The zero-order chi connectivity index (χ0) is 14.7. The molecule has 1 amide bonds.